The number of nitrogens with one attached hydrogen (secondary N) is 2. The maximum absolute atomic E-state index is 12.3. The van der Waals surface area contributed by atoms with E-state index in [1.165, 1.54) is 11.8 Å². The van der Waals surface area contributed by atoms with E-state index in [0.717, 1.165) is 6.42 Å². The number of Topliss-reactive ketones (excluding diaryl/α,β-unsaturated/α-hetero) is 1. The monoisotopic (exact) mass is 392 g/mol. The standard InChI is InChI=1S/C17H32N2O6S/c1-5-6-24-7-8-25-17(22)19-14(12-26-10-9-23-4)16(21)18-11-15(20)13(2)3/h13-14H,5-12H2,1-4H3,(H,18,21)(H,19,22). The lowest BCUT2D eigenvalue weighted by atomic mass is 10.1. The molecule has 0 aliphatic carbocycles. The Labute approximate surface area is 160 Å². The van der Waals surface area contributed by atoms with Gasteiger partial charge in [0.1, 0.15) is 12.6 Å². The van der Waals surface area contributed by atoms with Crippen LogP contribution in [-0.2, 0) is 23.8 Å². The fourth-order valence-corrected chi connectivity index (χ4v) is 2.57. The highest BCUT2D eigenvalue weighted by Gasteiger charge is 2.22. The Kier molecular flexibility index (Phi) is 15.1. The van der Waals surface area contributed by atoms with Gasteiger partial charge in [0.2, 0.25) is 5.91 Å². The molecule has 1 unspecified atom stereocenters. The van der Waals surface area contributed by atoms with Crippen LogP contribution < -0.4 is 10.6 Å². The summed E-state index contributed by atoms with van der Waals surface area (Å²) in [5.41, 5.74) is 0. The predicted molar refractivity (Wildman–Crippen MR) is 101 cm³/mol. The van der Waals surface area contributed by atoms with Crippen molar-refractivity contribution < 1.29 is 28.6 Å². The van der Waals surface area contributed by atoms with Crippen molar-refractivity contribution in [1.29, 1.82) is 0 Å². The third-order valence-electron chi connectivity index (χ3n) is 3.21. The summed E-state index contributed by atoms with van der Waals surface area (Å²) < 4.78 is 15.2. The number of hydrogen-bond acceptors (Lipinski definition) is 7. The molecule has 0 fully saturated rings. The zero-order valence-corrected chi connectivity index (χ0v) is 17.0. The largest absolute Gasteiger partial charge is 0.447 e. The van der Waals surface area contributed by atoms with Gasteiger partial charge in [-0.1, -0.05) is 20.8 Å². The van der Waals surface area contributed by atoms with Crippen molar-refractivity contribution >= 4 is 29.5 Å². The van der Waals surface area contributed by atoms with E-state index in [4.69, 9.17) is 14.2 Å². The van der Waals surface area contributed by atoms with Gasteiger partial charge < -0.3 is 24.8 Å². The molecule has 8 nitrogen and oxygen atoms in total. The van der Waals surface area contributed by atoms with E-state index in [0.29, 0.717) is 31.3 Å². The number of carbonyl (C=O) groups is 3. The number of methoxy groups -OCH3 is 1. The van der Waals surface area contributed by atoms with E-state index < -0.39 is 18.0 Å². The molecule has 0 aromatic heterocycles. The third-order valence-corrected chi connectivity index (χ3v) is 4.24. The SMILES string of the molecule is CCCOCCOC(=O)NC(CSCCOC)C(=O)NCC(=O)C(C)C. The molecule has 0 rings (SSSR count). The van der Waals surface area contributed by atoms with Crippen LogP contribution in [-0.4, -0.2) is 75.4 Å². The van der Waals surface area contributed by atoms with Crippen LogP contribution in [0.25, 0.3) is 0 Å². The van der Waals surface area contributed by atoms with Crippen LogP contribution >= 0.6 is 11.8 Å². The number of ketones is 1. The number of carbonyl (C=O) groups excluding carboxylic acids is 3. The van der Waals surface area contributed by atoms with Gasteiger partial charge >= 0.3 is 6.09 Å². The lowest BCUT2D eigenvalue weighted by molar-refractivity contribution is -0.127. The van der Waals surface area contributed by atoms with Crippen LogP contribution in [0.15, 0.2) is 0 Å². The van der Waals surface area contributed by atoms with E-state index in [-0.39, 0.29) is 24.9 Å². The van der Waals surface area contributed by atoms with Crippen molar-refractivity contribution in [2.75, 3.05) is 51.6 Å². The summed E-state index contributed by atoms with van der Waals surface area (Å²) in [5.74, 6) is 0.396. The van der Waals surface area contributed by atoms with Gasteiger partial charge in [-0.3, -0.25) is 9.59 Å². The minimum absolute atomic E-state index is 0.0582. The summed E-state index contributed by atoms with van der Waals surface area (Å²) >= 11 is 1.47. The summed E-state index contributed by atoms with van der Waals surface area (Å²) in [5, 5.41) is 5.10. The van der Waals surface area contributed by atoms with Crippen LogP contribution in [0.4, 0.5) is 4.79 Å². The van der Waals surface area contributed by atoms with Gasteiger partial charge in [0, 0.05) is 31.1 Å². The van der Waals surface area contributed by atoms with Crippen LogP contribution in [0, 0.1) is 5.92 Å². The average molecular weight is 393 g/mol. The van der Waals surface area contributed by atoms with Crippen molar-refractivity contribution in [3.8, 4) is 0 Å². The first-order valence-electron chi connectivity index (χ1n) is 8.80. The second-order valence-electron chi connectivity index (χ2n) is 5.85. The molecule has 0 aromatic carbocycles. The minimum Gasteiger partial charge on any atom is -0.447 e. The van der Waals surface area contributed by atoms with Crippen LogP contribution in [0.3, 0.4) is 0 Å². The highest BCUT2D eigenvalue weighted by molar-refractivity contribution is 7.99. The average Bonchev–Trinajstić information content (AvgIpc) is 2.61. The minimum atomic E-state index is -0.791. The van der Waals surface area contributed by atoms with E-state index in [1.807, 2.05) is 6.92 Å². The highest BCUT2D eigenvalue weighted by atomic mass is 32.2. The Hall–Kier alpha value is -1.32. The van der Waals surface area contributed by atoms with Crippen molar-refractivity contribution in [2.24, 2.45) is 5.92 Å². The van der Waals surface area contributed by atoms with Crippen LogP contribution in [0.2, 0.25) is 0 Å². The highest BCUT2D eigenvalue weighted by Crippen LogP contribution is 2.04. The zero-order valence-electron chi connectivity index (χ0n) is 16.2. The number of rotatable bonds is 15. The Morgan fingerprint density at radius 1 is 1.08 bits per heavy atom. The fraction of sp³-hybridized carbons (Fsp3) is 0.824. The van der Waals surface area contributed by atoms with Gasteiger partial charge in [-0.2, -0.15) is 11.8 Å². The van der Waals surface area contributed by atoms with Gasteiger partial charge in [-0.25, -0.2) is 4.79 Å². The molecular formula is C17H32N2O6S. The molecule has 1 atom stereocenters. The van der Waals surface area contributed by atoms with Gasteiger partial charge in [0.15, 0.2) is 5.78 Å². The second kappa shape index (κ2) is 15.9. The topological polar surface area (TPSA) is 103 Å². The van der Waals surface area contributed by atoms with Crippen molar-refractivity contribution in [3.63, 3.8) is 0 Å². The molecule has 152 valence electrons. The number of hydrogen-bond donors (Lipinski definition) is 2. The van der Waals surface area contributed by atoms with E-state index in [9.17, 15) is 14.4 Å². The first kappa shape index (κ1) is 24.7. The first-order valence-corrected chi connectivity index (χ1v) is 9.95. The molecule has 2 amide bonds. The van der Waals surface area contributed by atoms with Gasteiger partial charge in [0.25, 0.3) is 0 Å². The molecule has 26 heavy (non-hydrogen) atoms. The van der Waals surface area contributed by atoms with Crippen molar-refractivity contribution in [2.45, 2.75) is 33.2 Å². The molecule has 0 aromatic rings. The summed E-state index contributed by atoms with van der Waals surface area (Å²) in [4.78, 5) is 35.8. The lowest BCUT2D eigenvalue weighted by Gasteiger charge is -2.18. The molecule has 0 saturated carbocycles. The van der Waals surface area contributed by atoms with Crippen LogP contribution in [0.5, 0.6) is 0 Å². The maximum Gasteiger partial charge on any atom is 0.407 e. The summed E-state index contributed by atoms with van der Waals surface area (Å²) in [6, 6.07) is -0.791. The number of alkyl carbamates (subject to hydrolysis) is 1. The molecule has 0 radical (unpaired) electrons. The summed E-state index contributed by atoms with van der Waals surface area (Å²) in [7, 11) is 1.60. The number of thioether (sulfide) groups is 1. The summed E-state index contributed by atoms with van der Waals surface area (Å²) in [6.07, 6.45) is 0.204. The van der Waals surface area contributed by atoms with Crippen LogP contribution in [0.1, 0.15) is 27.2 Å². The Bertz CT molecular complexity index is 420. The molecule has 0 spiro atoms. The van der Waals surface area contributed by atoms with E-state index in [2.05, 4.69) is 10.6 Å². The van der Waals surface area contributed by atoms with E-state index >= 15 is 0 Å². The molecule has 2 N–H and O–H groups in total. The Balaban J connectivity index is 4.40. The van der Waals surface area contributed by atoms with E-state index in [1.54, 1.807) is 21.0 Å². The van der Waals surface area contributed by atoms with Gasteiger partial charge in [0.05, 0.1) is 19.8 Å². The normalized spacial score (nSPS) is 11.9. The smallest absolute Gasteiger partial charge is 0.407 e. The Morgan fingerprint density at radius 2 is 1.81 bits per heavy atom. The molecule has 0 bridgehead atoms. The summed E-state index contributed by atoms with van der Waals surface area (Å²) in [6.45, 7) is 7.04. The Morgan fingerprint density at radius 3 is 2.42 bits per heavy atom. The molecule has 0 aliphatic heterocycles. The molecular weight excluding hydrogens is 360 g/mol. The zero-order chi connectivity index (χ0) is 19.8. The molecule has 9 heteroatoms. The second-order valence-corrected chi connectivity index (χ2v) is 7.00. The van der Waals surface area contributed by atoms with Crippen molar-refractivity contribution in [1.82, 2.24) is 10.6 Å². The fourth-order valence-electron chi connectivity index (χ4n) is 1.65. The molecule has 0 saturated heterocycles. The predicted octanol–water partition coefficient (Wildman–Crippen LogP) is 1.23. The number of ether oxygens (including phenoxy) is 3. The lowest BCUT2D eigenvalue weighted by Crippen LogP contribution is -2.50. The van der Waals surface area contributed by atoms with Crippen molar-refractivity contribution in [3.05, 3.63) is 0 Å². The van der Waals surface area contributed by atoms with Gasteiger partial charge in [-0.15, -0.1) is 0 Å². The number of amides is 2. The molecule has 0 heterocycles. The quantitative estimate of drug-likeness (QED) is 0.404. The van der Waals surface area contributed by atoms with Gasteiger partial charge in [-0.05, 0) is 6.42 Å². The third kappa shape index (κ3) is 13.0. The molecule has 0 aliphatic rings. The first-order chi connectivity index (χ1) is 12.4. The maximum atomic E-state index is 12.3.